The zero-order valence-corrected chi connectivity index (χ0v) is 9.77. The third-order valence-electron chi connectivity index (χ3n) is 1.07. The molecule has 60 valence electrons. The normalized spacial score (nSPS) is 11.2. The largest absolute Gasteiger partial charge is 0.458 e. The highest BCUT2D eigenvalue weighted by atomic mass is 127. The molecule has 0 saturated heterocycles. The zero-order valence-electron chi connectivity index (χ0n) is 6.61. The summed E-state index contributed by atoms with van der Waals surface area (Å²) in [5, 5.41) is 0. The number of rotatable bonds is 3. The summed E-state index contributed by atoms with van der Waals surface area (Å²) in [6.45, 7) is 7.37. The van der Waals surface area contributed by atoms with Crippen LogP contribution in [0.5, 0.6) is 0 Å². The molecule has 0 amide bonds. The van der Waals surface area contributed by atoms with Gasteiger partial charge in [-0.1, -0.05) is 19.6 Å². The van der Waals surface area contributed by atoms with Crippen LogP contribution in [0.4, 0.5) is 4.79 Å². The highest BCUT2D eigenvalue weighted by molar-refractivity contribution is 14.1. The average Bonchev–Trinajstić information content (AvgIpc) is 1.59. The smallest absolute Gasteiger partial charge is 0.367 e. The predicted molar refractivity (Wildman–Crippen MR) is 53.5 cm³/mol. The van der Waals surface area contributed by atoms with Crippen molar-refractivity contribution in [1.29, 1.82) is 0 Å². The number of carbonyl (C=O) groups is 1. The molecule has 0 rings (SSSR count). The SMILES string of the molecule is C[Si](C)(C)CCOC(=O)I. The van der Waals surface area contributed by atoms with Crippen molar-refractivity contribution in [3.63, 3.8) is 0 Å². The fourth-order valence-electron chi connectivity index (χ4n) is 0.437. The first kappa shape index (κ1) is 10.4. The van der Waals surface area contributed by atoms with E-state index in [4.69, 9.17) is 4.74 Å². The van der Waals surface area contributed by atoms with Gasteiger partial charge in [-0.05, 0) is 6.04 Å². The Bertz CT molecular complexity index is 119. The Kier molecular flexibility index (Phi) is 4.51. The minimum Gasteiger partial charge on any atom is -0.458 e. The van der Waals surface area contributed by atoms with Crippen LogP contribution in [-0.2, 0) is 4.74 Å². The topological polar surface area (TPSA) is 26.3 Å². The van der Waals surface area contributed by atoms with Gasteiger partial charge in [0.25, 0.3) is 0 Å². The number of ether oxygens (including phenoxy) is 1. The Morgan fingerprint density at radius 1 is 1.50 bits per heavy atom. The Labute approximate surface area is 76.5 Å². The van der Waals surface area contributed by atoms with E-state index >= 15 is 0 Å². The van der Waals surface area contributed by atoms with Crippen molar-refractivity contribution in [1.82, 2.24) is 0 Å². The molecule has 0 spiro atoms. The van der Waals surface area contributed by atoms with Gasteiger partial charge >= 0.3 is 3.98 Å². The molecule has 10 heavy (non-hydrogen) atoms. The van der Waals surface area contributed by atoms with Crippen LogP contribution in [0.3, 0.4) is 0 Å². The van der Waals surface area contributed by atoms with Crippen molar-refractivity contribution >= 4 is 34.6 Å². The van der Waals surface area contributed by atoms with Crippen molar-refractivity contribution in [2.24, 2.45) is 0 Å². The number of hydrogen-bond acceptors (Lipinski definition) is 2. The summed E-state index contributed by atoms with van der Waals surface area (Å²) in [6, 6.07) is 1.06. The summed E-state index contributed by atoms with van der Waals surface area (Å²) < 4.78 is 4.60. The molecule has 0 fully saturated rings. The van der Waals surface area contributed by atoms with Gasteiger partial charge in [0.2, 0.25) is 0 Å². The van der Waals surface area contributed by atoms with Gasteiger partial charge in [0.1, 0.15) is 0 Å². The molecule has 0 aromatic heterocycles. The van der Waals surface area contributed by atoms with Crippen molar-refractivity contribution in [3.05, 3.63) is 0 Å². The number of carbonyl (C=O) groups excluding carboxylic acids is 1. The van der Waals surface area contributed by atoms with Crippen LogP contribution in [0, 0.1) is 0 Å². The zero-order chi connectivity index (χ0) is 8.20. The molecule has 4 heteroatoms. The lowest BCUT2D eigenvalue weighted by Crippen LogP contribution is -2.21. The van der Waals surface area contributed by atoms with Gasteiger partial charge in [-0.25, -0.2) is 4.79 Å². The molecule has 0 aliphatic carbocycles. The summed E-state index contributed by atoms with van der Waals surface area (Å²) in [6.07, 6.45) is 0. The van der Waals surface area contributed by atoms with E-state index in [1.807, 2.05) is 0 Å². The Morgan fingerprint density at radius 2 is 2.00 bits per heavy atom. The highest BCUT2D eigenvalue weighted by Gasteiger charge is 2.12. The molecule has 0 N–H and O–H groups in total. The van der Waals surface area contributed by atoms with Crippen molar-refractivity contribution in [3.8, 4) is 0 Å². The maximum atomic E-state index is 10.3. The van der Waals surface area contributed by atoms with Crippen LogP contribution in [0.2, 0.25) is 25.7 Å². The van der Waals surface area contributed by atoms with Crippen LogP contribution in [0.15, 0.2) is 0 Å². The minimum absolute atomic E-state index is 0.198. The lowest BCUT2D eigenvalue weighted by molar-refractivity contribution is 0.185. The molecule has 0 unspecified atom stereocenters. The first-order valence-electron chi connectivity index (χ1n) is 3.24. The second-order valence-electron chi connectivity index (χ2n) is 3.40. The first-order valence-corrected chi connectivity index (χ1v) is 8.03. The molecule has 2 nitrogen and oxygen atoms in total. The van der Waals surface area contributed by atoms with Gasteiger partial charge in [-0.2, -0.15) is 0 Å². The van der Waals surface area contributed by atoms with Gasteiger partial charge in [0.05, 0.1) is 29.2 Å². The summed E-state index contributed by atoms with van der Waals surface area (Å²) in [5.74, 6) is 0. The van der Waals surface area contributed by atoms with E-state index in [1.165, 1.54) is 0 Å². The number of halogens is 1. The fourth-order valence-corrected chi connectivity index (χ4v) is 1.37. The maximum Gasteiger partial charge on any atom is 0.367 e. The molecule has 0 radical (unpaired) electrons. The van der Waals surface area contributed by atoms with Crippen LogP contribution < -0.4 is 0 Å². The molecule has 0 atom stereocenters. The molecule has 0 bridgehead atoms. The first-order chi connectivity index (χ1) is 4.42. The monoisotopic (exact) mass is 272 g/mol. The van der Waals surface area contributed by atoms with Crippen LogP contribution in [-0.4, -0.2) is 18.7 Å². The summed E-state index contributed by atoms with van der Waals surface area (Å²) >= 11 is 1.65. The standard InChI is InChI=1S/C6H13IO2Si/c1-10(2,3)5-4-9-6(7)8/h4-5H2,1-3H3. The van der Waals surface area contributed by atoms with Crippen molar-refractivity contribution in [2.45, 2.75) is 25.7 Å². The second-order valence-corrected chi connectivity index (χ2v) is 9.90. The van der Waals surface area contributed by atoms with Gasteiger partial charge in [-0.3, -0.25) is 0 Å². The summed E-state index contributed by atoms with van der Waals surface area (Å²) in [5.41, 5.74) is 0. The molecule has 0 heterocycles. The van der Waals surface area contributed by atoms with E-state index < -0.39 is 8.07 Å². The Morgan fingerprint density at radius 3 is 2.30 bits per heavy atom. The highest BCUT2D eigenvalue weighted by Crippen LogP contribution is 2.08. The van der Waals surface area contributed by atoms with E-state index in [0.29, 0.717) is 6.61 Å². The summed E-state index contributed by atoms with van der Waals surface area (Å²) in [4.78, 5) is 10.3. The third kappa shape index (κ3) is 8.42. The third-order valence-corrected chi connectivity index (χ3v) is 3.08. The average molecular weight is 272 g/mol. The van der Waals surface area contributed by atoms with Crippen LogP contribution >= 0.6 is 22.6 Å². The molecular formula is C6H13IO2Si. The van der Waals surface area contributed by atoms with Gasteiger partial charge < -0.3 is 4.74 Å². The van der Waals surface area contributed by atoms with E-state index in [2.05, 4.69) is 19.6 Å². The van der Waals surface area contributed by atoms with Crippen molar-refractivity contribution in [2.75, 3.05) is 6.61 Å². The quantitative estimate of drug-likeness (QED) is 0.448. The van der Waals surface area contributed by atoms with E-state index in [-0.39, 0.29) is 3.98 Å². The Hall–Kier alpha value is 0.417. The molecular weight excluding hydrogens is 259 g/mol. The summed E-state index contributed by atoms with van der Waals surface area (Å²) in [7, 11) is -1.00. The second kappa shape index (κ2) is 4.33. The minimum atomic E-state index is -1.00. The van der Waals surface area contributed by atoms with Gasteiger partial charge in [-0.15, -0.1) is 0 Å². The van der Waals surface area contributed by atoms with E-state index in [0.717, 1.165) is 6.04 Å². The van der Waals surface area contributed by atoms with Crippen LogP contribution in [0.25, 0.3) is 0 Å². The predicted octanol–water partition coefficient (Wildman–Crippen LogP) is 2.90. The Balaban J connectivity index is 3.29. The molecule has 0 aliphatic rings. The lowest BCUT2D eigenvalue weighted by atomic mass is 10.9. The van der Waals surface area contributed by atoms with Crippen LogP contribution in [0.1, 0.15) is 0 Å². The van der Waals surface area contributed by atoms with Crippen molar-refractivity contribution < 1.29 is 9.53 Å². The van der Waals surface area contributed by atoms with Gasteiger partial charge in [0, 0.05) is 8.07 Å². The van der Waals surface area contributed by atoms with Gasteiger partial charge in [0.15, 0.2) is 0 Å². The molecule has 0 aliphatic heterocycles. The van der Waals surface area contributed by atoms with E-state index in [1.54, 1.807) is 22.6 Å². The lowest BCUT2D eigenvalue weighted by Gasteiger charge is -2.14. The molecule has 0 saturated carbocycles. The number of hydrogen-bond donors (Lipinski definition) is 0. The maximum absolute atomic E-state index is 10.3. The molecule has 0 aromatic carbocycles. The molecule has 0 aromatic rings. The fraction of sp³-hybridized carbons (Fsp3) is 0.833. The van der Waals surface area contributed by atoms with E-state index in [9.17, 15) is 4.79 Å².